The normalized spacial score (nSPS) is 12.8. The van der Waals surface area contributed by atoms with E-state index in [4.69, 9.17) is 4.52 Å². The maximum absolute atomic E-state index is 11.5. The minimum atomic E-state index is -3.41. The zero-order chi connectivity index (χ0) is 12.8. The fraction of sp³-hybridized carbons (Fsp3) is 0.889. The molecule has 0 N–H and O–H groups in total. The van der Waals surface area contributed by atoms with Crippen molar-refractivity contribution in [2.24, 2.45) is 5.41 Å². The Kier molecular flexibility index (Phi) is 6.82. The van der Waals surface area contributed by atoms with Gasteiger partial charge in [-0.2, -0.15) is 0 Å². The summed E-state index contributed by atoms with van der Waals surface area (Å²) in [5, 5.41) is 0.0702. The van der Waals surface area contributed by atoms with Gasteiger partial charge < -0.3 is 0 Å². The van der Waals surface area contributed by atoms with E-state index >= 15 is 0 Å². The molecular weight excluding hydrogens is 251 g/mol. The van der Waals surface area contributed by atoms with Gasteiger partial charge in [0.25, 0.3) is 0 Å². The largest absolute Gasteiger partial charge is 0.474 e. The Morgan fingerprint density at radius 3 is 2.12 bits per heavy atom. The van der Waals surface area contributed by atoms with Gasteiger partial charge in [0.15, 0.2) is 5.12 Å². The van der Waals surface area contributed by atoms with Gasteiger partial charge in [-0.3, -0.25) is 18.4 Å². The van der Waals surface area contributed by atoms with Gasteiger partial charge in [-0.1, -0.05) is 32.5 Å². The first-order chi connectivity index (χ1) is 7.25. The van der Waals surface area contributed by atoms with Gasteiger partial charge in [0.2, 0.25) is 0 Å². The van der Waals surface area contributed by atoms with E-state index in [1.807, 2.05) is 20.8 Å². The Labute approximate surface area is 101 Å². The number of thioether (sulfide) groups is 1. The lowest BCUT2D eigenvalue weighted by Gasteiger charge is -2.16. The number of carbonyl (C=O) groups is 1. The van der Waals surface area contributed by atoms with Gasteiger partial charge in [0.05, 0.1) is 6.61 Å². The molecule has 0 rings (SSSR count). The van der Waals surface area contributed by atoms with Crippen LogP contribution in [0.25, 0.3) is 0 Å². The van der Waals surface area contributed by atoms with Gasteiger partial charge in [-0.15, -0.1) is 0 Å². The topological polar surface area (TPSA) is 61.8 Å². The minimum Gasteiger partial charge on any atom is -0.290 e. The molecule has 0 aromatic heterocycles. The fourth-order valence-corrected chi connectivity index (χ4v) is 2.26. The van der Waals surface area contributed by atoms with Crippen molar-refractivity contribution in [2.75, 3.05) is 26.6 Å². The summed E-state index contributed by atoms with van der Waals surface area (Å²) >= 11 is 1.15. The average Bonchev–Trinajstić information content (AvgIpc) is 2.22. The highest BCUT2D eigenvalue weighted by atomic mass is 32.2. The zero-order valence-corrected chi connectivity index (χ0v) is 12.0. The summed E-state index contributed by atoms with van der Waals surface area (Å²) in [7, 11) is -0.911. The van der Waals surface area contributed by atoms with Crippen LogP contribution in [0, 0.1) is 5.41 Å². The molecule has 16 heavy (non-hydrogen) atoms. The number of phosphoric acid groups is 1. The number of carbonyl (C=O) groups excluding carboxylic acids is 1. The molecule has 0 saturated carbocycles. The molecule has 0 heterocycles. The predicted molar refractivity (Wildman–Crippen MR) is 64.5 cm³/mol. The molecule has 7 heteroatoms. The zero-order valence-electron chi connectivity index (χ0n) is 10.3. The van der Waals surface area contributed by atoms with Crippen LogP contribution in [0.4, 0.5) is 0 Å². The Morgan fingerprint density at radius 1 is 1.25 bits per heavy atom. The molecule has 0 aromatic rings. The summed E-state index contributed by atoms with van der Waals surface area (Å²) in [4.78, 5) is 11.5. The molecule has 0 saturated heterocycles. The van der Waals surface area contributed by atoms with E-state index in [0.29, 0.717) is 5.75 Å². The second-order valence-electron chi connectivity index (χ2n) is 4.03. The van der Waals surface area contributed by atoms with E-state index in [9.17, 15) is 9.36 Å². The second kappa shape index (κ2) is 6.77. The molecule has 0 spiro atoms. The van der Waals surface area contributed by atoms with Gasteiger partial charge in [0, 0.05) is 25.4 Å². The van der Waals surface area contributed by atoms with Crippen molar-refractivity contribution >= 4 is 24.7 Å². The molecule has 0 bridgehead atoms. The standard InChI is InChI=1S/C9H19O5PS/c1-9(2,3)8(10)16-7-6-14-15(11,12-4)13-5/h6-7H2,1-5H3. The number of phosphoric ester groups is 1. The van der Waals surface area contributed by atoms with E-state index in [2.05, 4.69) is 9.05 Å². The molecular formula is C9H19O5PS. The summed E-state index contributed by atoms with van der Waals surface area (Å²) in [5.74, 6) is 0.423. The third-order valence-corrected chi connectivity index (χ3v) is 4.26. The van der Waals surface area contributed by atoms with Crippen LogP contribution < -0.4 is 0 Å². The highest BCUT2D eigenvalue weighted by Gasteiger charge is 2.24. The minimum absolute atomic E-state index is 0.0702. The number of hydrogen-bond acceptors (Lipinski definition) is 6. The van der Waals surface area contributed by atoms with Gasteiger partial charge in [-0.25, -0.2) is 4.57 Å². The van der Waals surface area contributed by atoms with Crippen molar-refractivity contribution in [1.29, 1.82) is 0 Å². The van der Waals surface area contributed by atoms with Crippen LogP contribution in [0.1, 0.15) is 20.8 Å². The lowest BCUT2D eigenvalue weighted by molar-refractivity contribution is -0.117. The predicted octanol–water partition coefficient (Wildman–Crippen LogP) is 2.71. The summed E-state index contributed by atoms with van der Waals surface area (Å²) in [6, 6.07) is 0. The second-order valence-corrected chi connectivity index (χ2v) is 6.98. The van der Waals surface area contributed by atoms with Crippen molar-refractivity contribution in [1.82, 2.24) is 0 Å². The third kappa shape index (κ3) is 6.01. The Hall–Kier alpha value is 0.130. The molecule has 0 aliphatic carbocycles. The lowest BCUT2D eigenvalue weighted by atomic mass is 10.00. The average molecular weight is 270 g/mol. The van der Waals surface area contributed by atoms with Gasteiger partial charge in [0.1, 0.15) is 0 Å². The van der Waals surface area contributed by atoms with E-state index < -0.39 is 7.82 Å². The summed E-state index contributed by atoms with van der Waals surface area (Å²) in [6.45, 7) is 5.68. The Morgan fingerprint density at radius 2 is 1.75 bits per heavy atom. The van der Waals surface area contributed by atoms with Crippen LogP contribution in [0.3, 0.4) is 0 Å². The van der Waals surface area contributed by atoms with Gasteiger partial charge >= 0.3 is 7.82 Å². The van der Waals surface area contributed by atoms with E-state index in [-0.39, 0.29) is 17.1 Å². The molecule has 0 aliphatic heterocycles. The van der Waals surface area contributed by atoms with Crippen LogP contribution in [0.15, 0.2) is 0 Å². The van der Waals surface area contributed by atoms with Crippen LogP contribution in [-0.2, 0) is 22.9 Å². The maximum atomic E-state index is 11.5. The van der Waals surface area contributed by atoms with E-state index in [1.165, 1.54) is 14.2 Å². The fourth-order valence-electron chi connectivity index (χ4n) is 0.680. The molecule has 0 fully saturated rings. The van der Waals surface area contributed by atoms with Crippen LogP contribution >= 0.6 is 19.6 Å². The van der Waals surface area contributed by atoms with Gasteiger partial charge in [-0.05, 0) is 0 Å². The van der Waals surface area contributed by atoms with Crippen molar-refractivity contribution in [3.63, 3.8) is 0 Å². The number of rotatable bonds is 6. The molecule has 0 radical (unpaired) electrons. The smallest absolute Gasteiger partial charge is 0.290 e. The lowest BCUT2D eigenvalue weighted by Crippen LogP contribution is -2.17. The Balaban J connectivity index is 3.86. The molecule has 0 unspecified atom stereocenters. The molecule has 0 aliphatic rings. The van der Waals surface area contributed by atoms with E-state index in [0.717, 1.165) is 11.8 Å². The SMILES string of the molecule is COP(=O)(OC)OCCSC(=O)C(C)(C)C. The molecule has 96 valence electrons. The molecule has 0 amide bonds. The number of hydrogen-bond donors (Lipinski definition) is 0. The highest BCUT2D eigenvalue weighted by molar-refractivity contribution is 8.13. The maximum Gasteiger partial charge on any atom is 0.474 e. The summed E-state index contributed by atoms with van der Waals surface area (Å²) < 4.78 is 25.5. The molecule has 0 atom stereocenters. The first kappa shape index (κ1) is 16.1. The quantitative estimate of drug-likeness (QED) is 0.546. The van der Waals surface area contributed by atoms with Crippen molar-refractivity contribution in [3.05, 3.63) is 0 Å². The van der Waals surface area contributed by atoms with Crippen molar-refractivity contribution in [2.45, 2.75) is 20.8 Å². The first-order valence-corrected chi connectivity index (χ1v) is 7.23. The third-order valence-electron chi connectivity index (χ3n) is 1.63. The van der Waals surface area contributed by atoms with Crippen LogP contribution in [0.2, 0.25) is 0 Å². The Bertz CT molecular complexity index is 266. The van der Waals surface area contributed by atoms with Crippen LogP contribution in [-0.4, -0.2) is 31.7 Å². The van der Waals surface area contributed by atoms with Crippen molar-refractivity contribution < 1.29 is 22.9 Å². The first-order valence-electron chi connectivity index (χ1n) is 4.78. The monoisotopic (exact) mass is 270 g/mol. The van der Waals surface area contributed by atoms with Crippen LogP contribution in [0.5, 0.6) is 0 Å². The van der Waals surface area contributed by atoms with Crippen molar-refractivity contribution in [3.8, 4) is 0 Å². The highest BCUT2D eigenvalue weighted by Crippen LogP contribution is 2.47. The summed E-state index contributed by atoms with van der Waals surface area (Å²) in [5.41, 5.74) is -0.378. The molecule has 5 nitrogen and oxygen atoms in total. The summed E-state index contributed by atoms with van der Waals surface area (Å²) in [6.07, 6.45) is 0. The van der Waals surface area contributed by atoms with E-state index in [1.54, 1.807) is 0 Å². The molecule has 0 aromatic carbocycles.